The van der Waals surface area contributed by atoms with Gasteiger partial charge in [0.25, 0.3) is 5.91 Å². The van der Waals surface area contributed by atoms with E-state index in [0.29, 0.717) is 12.1 Å². The molecule has 1 saturated heterocycles. The second-order valence-corrected chi connectivity index (χ2v) is 6.34. The highest BCUT2D eigenvalue weighted by molar-refractivity contribution is 5.94. The molecule has 1 heterocycles. The zero-order valence-corrected chi connectivity index (χ0v) is 13.8. The van der Waals surface area contributed by atoms with Crippen LogP contribution in [0.1, 0.15) is 40.7 Å². The van der Waals surface area contributed by atoms with Crippen molar-refractivity contribution in [2.24, 2.45) is 0 Å². The van der Waals surface area contributed by atoms with Crippen LogP contribution in [0.25, 0.3) is 0 Å². The third kappa shape index (κ3) is 4.65. The topological polar surface area (TPSA) is 32.3 Å². The summed E-state index contributed by atoms with van der Waals surface area (Å²) in [5, 5.41) is 2.86. The number of carbonyl (C=O) groups excluding carboxylic acids is 1. The van der Waals surface area contributed by atoms with Gasteiger partial charge in [-0.1, -0.05) is 30.7 Å². The monoisotopic (exact) mass is 326 g/mol. The molecule has 0 unspecified atom stereocenters. The maximum atomic E-state index is 12.9. The van der Waals surface area contributed by atoms with E-state index in [1.165, 1.54) is 62.2 Å². The lowest BCUT2D eigenvalue weighted by molar-refractivity contribution is 0.0951. The lowest BCUT2D eigenvalue weighted by Gasteiger charge is -2.26. The van der Waals surface area contributed by atoms with Gasteiger partial charge in [0.2, 0.25) is 0 Å². The number of piperidine rings is 1. The van der Waals surface area contributed by atoms with Gasteiger partial charge in [0.15, 0.2) is 0 Å². The van der Waals surface area contributed by atoms with E-state index in [1.54, 1.807) is 0 Å². The minimum absolute atomic E-state index is 0.188. The Balaban J connectivity index is 1.50. The summed E-state index contributed by atoms with van der Waals surface area (Å²) in [7, 11) is 0. The van der Waals surface area contributed by atoms with Crippen molar-refractivity contribution < 1.29 is 9.18 Å². The average molecular weight is 326 g/mol. The van der Waals surface area contributed by atoms with E-state index >= 15 is 0 Å². The first-order valence-corrected chi connectivity index (χ1v) is 8.55. The first-order chi connectivity index (χ1) is 11.7. The highest BCUT2D eigenvalue weighted by Gasteiger charge is 2.10. The average Bonchev–Trinajstić information content (AvgIpc) is 2.62. The van der Waals surface area contributed by atoms with Crippen LogP contribution >= 0.6 is 0 Å². The van der Waals surface area contributed by atoms with Gasteiger partial charge >= 0.3 is 0 Å². The third-order valence-corrected chi connectivity index (χ3v) is 4.44. The molecule has 3 rings (SSSR count). The molecular weight excluding hydrogens is 303 g/mol. The fourth-order valence-corrected chi connectivity index (χ4v) is 3.02. The van der Waals surface area contributed by atoms with E-state index < -0.39 is 0 Å². The highest BCUT2D eigenvalue weighted by Crippen LogP contribution is 2.13. The lowest BCUT2D eigenvalue weighted by atomic mass is 10.1. The summed E-state index contributed by atoms with van der Waals surface area (Å²) >= 11 is 0. The number of halogens is 1. The van der Waals surface area contributed by atoms with Crippen molar-refractivity contribution in [1.82, 2.24) is 10.2 Å². The van der Waals surface area contributed by atoms with Gasteiger partial charge in [-0.05, 0) is 61.3 Å². The van der Waals surface area contributed by atoms with Crippen LogP contribution in [0.3, 0.4) is 0 Å². The molecule has 1 aliphatic heterocycles. The van der Waals surface area contributed by atoms with Crippen LogP contribution in [0.2, 0.25) is 0 Å². The smallest absolute Gasteiger partial charge is 0.251 e. The third-order valence-electron chi connectivity index (χ3n) is 4.44. The fraction of sp³-hybridized carbons (Fsp3) is 0.350. The summed E-state index contributed by atoms with van der Waals surface area (Å²) < 4.78 is 12.9. The molecule has 24 heavy (non-hydrogen) atoms. The molecule has 3 nitrogen and oxygen atoms in total. The van der Waals surface area contributed by atoms with Gasteiger partial charge < -0.3 is 5.32 Å². The number of nitrogens with one attached hydrogen (secondary N) is 1. The molecule has 1 amide bonds. The van der Waals surface area contributed by atoms with E-state index in [1.807, 2.05) is 0 Å². The molecule has 4 heteroatoms. The maximum absolute atomic E-state index is 12.9. The molecule has 0 spiro atoms. The van der Waals surface area contributed by atoms with Crippen LogP contribution in [0, 0.1) is 5.82 Å². The summed E-state index contributed by atoms with van der Waals surface area (Å²) in [5.74, 6) is -0.525. The van der Waals surface area contributed by atoms with E-state index in [0.717, 1.165) is 12.1 Å². The first-order valence-electron chi connectivity index (χ1n) is 8.55. The summed E-state index contributed by atoms with van der Waals surface area (Å²) in [5.41, 5.74) is 2.84. The van der Waals surface area contributed by atoms with Gasteiger partial charge in [0, 0.05) is 18.7 Å². The normalized spacial score (nSPS) is 15.2. The largest absolute Gasteiger partial charge is 0.348 e. The van der Waals surface area contributed by atoms with Crippen molar-refractivity contribution in [3.05, 3.63) is 71.0 Å². The van der Waals surface area contributed by atoms with Crippen molar-refractivity contribution in [3.8, 4) is 0 Å². The summed E-state index contributed by atoms with van der Waals surface area (Å²) in [6.07, 6.45) is 3.95. The second-order valence-electron chi connectivity index (χ2n) is 6.34. The van der Waals surface area contributed by atoms with E-state index in [9.17, 15) is 9.18 Å². The molecule has 0 bridgehead atoms. The number of likely N-dealkylation sites (tertiary alicyclic amines) is 1. The predicted octanol–water partition coefficient (Wildman–Crippen LogP) is 3.74. The molecule has 126 valence electrons. The van der Waals surface area contributed by atoms with E-state index in [2.05, 4.69) is 34.5 Å². The fourth-order valence-electron chi connectivity index (χ4n) is 3.02. The summed E-state index contributed by atoms with van der Waals surface area (Å²) in [6, 6.07) is 14.0. The van der Waals surface area contributed by atoms with Crippen molar-refractivity contribution >= 4 is 5.91 Å². The molecular formula is C20H23FN2O. The van der Waals surface area contributed by atoms with Crippen LogP contribution in [0.4, 0.5) is 4.39 Å². The molecule has 1 N–H and O–H groups in total. The van der Waals surface area contributed by atoms with Crippen LogP contribution in [0.5, 0.6) is 0 Å². The maximum Gasteiger partial charge on any atom is 0.251 e. The Hall–Kier alpha value is -2.20. The molecule has 0 aromatic heterocycles. The van der Waals surface area contributed by atoms with E-state index in [4.69, 9.17) is 0 Å². The molecule has 0 atom stereocenters. The molecule has 2 aromatic rings. The van der Waals surface area contributed by atoms with Gasteiger partial charge in [-0.2, -0.15) is 0 Å². The Labute approximate surface area is 142 Å². The Morgan fingerprint density at radius 1 is 0.917 bits per heavy atom. The minimum atomic E-state index is -0.337. The zero-order chi connectivity index (χ0) is 16.8. The van der Waals surface area contributed by atoms with Crippen molar-refractivity contribution in [2.75, 3.05) is 13.1 Å². The van der Waals surface area contributed by atoms with Crippen LogP contribution < -0.4 is 5.32 Å². The molecule has 1 aliphatic rings. The lowest BCUT2D eigenvalue weighted by Crippen LogP contribution is -2.29. The number of carbonyl (C=O) groups is 1. The molecule has 2 aromatic carbocycles. The van der Waals surface area contributed by atoms with Crippen LogP contribution in [0.15, 0.2) is 48.5 Å². The molecule has 0 saturated carbocycles. The predicted molar refractivity (Wildman–Crippen MR) is 93.1 cm³/mol. The van der Waals surface area contributed by atoms with Crippen molar-refractivity contribution in [3.63, 3.8) is 0 Å². The van der Waals surface area contributed by atoms with E-state index in [-0.39, 0.29) is 11.7 Å². The Morgan fingerprint density at radius 2 is 1.54 bits per heavy atom. The second kappa shape index (κ2) is 8.06. The van der Waals surface area contributed by atoms with Crippen molar-refractivity contribution in [2.45, 2.75) is 32.4 Å². The minimum Gasteiger partial charge on any atom is -0.348 e. The van der Waals surface area contributed by atoms with Gasteiger partial charge in [0.05, 0.1) is 0 Å². The van der Waals surface area contributed by atoms with Gasteiger partial charge in [-0.3, -0.25) is 9.69 Å². The van der Waals surface area contributed by atoms with Crippen LogP contribution in [-0.2, 0) is 13.1 Å². The molecule has 0 aliphatic carbocycles. The quantitative estimate of drug-likeness (QED) is 0.908. The van der Waals surface area contributed by atoms with Crippen LogP contribution in [-0.4, -0.2) is 23.9 Å². The number of rotatable bonds is 5. The highest BCUT2D eigenvalue weighted by atomic mass is 19.1. The molecule has 0 radical (unpaired) electrons. The number of hydrogen-bond donors (Lipinski definition) is 1. The van der Waals surface area contributed by atoms with Gasteiger partial charge in [-0.25, -0.2) is 4.39 Å². The van der Waals surface area contributed by atoms with Gasteiger partial charge in [0.1, 0.15) is 5.82 Å². The Bertz CT molecular complexity index is 661. The summed E-state index contributed by atoms with van der Waals surface area (Å²) in [6.45, 7) is 3.85. The molecule has 1 fully saturated rings. The number of benzene rings is 2. The zero-order valence-electron chi connectivity index (χ0n) is 13.8. The Kier molecular flexibility index (Phi) is 5.59. The SMILES string of the molecule is O=C(NCc1ccc(CN2CCCCC2)cc1)c1ccc(F)cc1. The summed E-state index contributed by atoms with van der Waals surface area (Å²) in [4.78, 5) is 14.5. The number of hydrogen-bond acceptors (Lipinski definition) is 2. The first kappa shape index (κ1) is 16.7. The van der Waals surface area contributed by atoms with Crippen molar-refractivity contribution in [1.29, 1.82) is 0 Å². The standard InChI is InChI=1S/C20H23FN2O/c21-19-10-8-18(9-11-19)20(24)22-14-16-4-6-17(7-5-16)15-23-12-2-1-3-13-23/h4-11H,1-3,12-15H2,(H,22,24). The number of amides is 1. The Morgan fingerprint density at radius 3 is 2.21 bits per heavy atom. The number of nitrogens with zero attached hydrogens (tertiary/aromatic N) is 1. The van der Waals surface area contributed by atoms with Gasteiger partial charge in [-0.15, -0.1) is 0 Å².